The van der Waals surface area contributed by atoms with Crippen molar-refractivity contribution in [2.24, 2.45) is 11.1 Å². The molecule has 3 N–H and O–H groups in total. The number of amides is 1. The van der Waals surface area contributed by atoms with Crippen LogP contribution in [-0.2, 0) is 11.2 Å². The first-order valence-corrected chi connectivity index (χ1v) is 6.98. The van der Waals surface area contributed by atoms with Gasteiger partial charge in [-0.05, 0) is 35.6 Å². The summed E-state index contributed by atoms with van der Waals surface area (Å²) >= 11 is 3.29. The average molecular weight is 368 g/mol. The minimum atomic E-state index is -0.570. The first kappa shape index (κ1) is 19.4. The van der Waals surface area contributed by atoms with Crippen molar-refractivity contribution in [2.45, 2.75) is 33.2 Å². The van der Waals surface area contributed by atoms with E-state index in [-0.39, 0.29) is 29.5 Å². The lowest BCUT2D eigenvalue weighted by atomic mass is 9.87. The highest BCUT2D eigenvalue weighted by Gasteiger charge is 2.26. The molecular formula is C14H21BrClFN2O. The van der Waals surface area contributed by atoms with Gasteiger partial charge < -0.3 is 11.1 Å². The topological polar surface area (TPSA) is 55.1 Å². The van der Waals surface area contributed by atoms with E-state index in [1.54, 1.807) is 12.1 Å². The number of carbonyl (C=O) groups is 1. The molecule has 0 spiro atoms. The fourth-order valence-corrected chi connectivity index (χ4v) is 1.97. The number of rotatable bonds is 4. The van der Waals surface area contributed by atoms with Crippen LogP contribution in [0.25, 0.3) is 0 Å². The summed E-state index contributed by atoms with van der Waals surface area (Å²) in [4.78, 5) is 11.8. The molecule has 0 saturated heterocycles. The van der Waals surface area contributed by atoms with Gasteiger partial charge in [-0.3, -0.25) is 4.79 Å². The maximum Gasteiger partial charge on any atom is 0.237 e. The minimum absolute atomic E-state index is 0. The van der Waals surface area contributed by atoms with Crippen LogP contribution in [0.1, 0.15) is 26.3 Å². The molecule has 0 aromatic heterocycles. The van der Waals surface area contributed by atoms with Crippen LogP contribution >= 0.6 is 28.3 Å². The maximum atomic E-state index is 13.5. The number of nitrogens with two attached hydrogens (primary N) is 1. The van der Waals surface area contributed by atoms with Crippen molar-refractivity contribution in [2.75, 3.05) is 6.54 Å². The Balaban J connectivity index is 0.00000361. The Morgan fingerprint density at radius 2 is 2.05 bits per heavy atom. The van der Waals surface area contributed by atoms with E-state index in [2.05, 4.69) is 21.2 Å². The maximum absolute atomic E-state index is 13.5. The van der Waals surface area contributed by atoms with Gasteiger partial charge in [0, 0.05) is 11.0 Å². The van der Waals surface area contributed by atoms with Crippen LogP contribution in [0.2, 0.25) is 0 Å². The molecule has 0 heterocycles. The van der Waals surface area contributed by atoms with Crippen molar-refractivity contribution >= 4 is 34.2 Å². The standard InChI is InChI=1S/C14H20BrFN2O.ClH/c1-14(2,3)12(17)13(19)18-7-6-9-8-10(15)4-5-11(9)16;/h4-5,8,12H,6-7,17H2,1-3H3,(H,18,19);1H/t12-;/m1./s1. The van der Waals surface area contributed by atoms with Crippen LogP contribution in [0, 0.1) is 11.2 Å². The summed E-state index contributed by atoms with van der Waals surface area (Å²) in [6, 6.07) is 4.19. The second-order valence-corrected chi connectivity index (χ2v) is 6.54. The molecule has 6 heteroatoms. The molecule has 3 nitrogen and oxygen atoms in total. The van der Waals surface area contributed by atoms with Crippen LogP contribution < -0.4 is 11.1 Å². The number of benzene rings is 1. The molecule has 114 valence electrons. The second kappa shape index (κ2) is 7.96. The largest absolute Gasteiger partial charge is 0.354 e. The lowest BCUT2D eigenvalue weighted by Gasteiger charge is -2.25. The number of halogens is 3. The van der Waals surface area contributed by atoms with Crippen molar-refractivity contribution in [1.82, 2.24) is 5.32 Å². The first-order chi connectivity index (χ1) is 8.71. The molecule has 0 aliphatic heterocycles. The Hall–Kier alpha value is -0.650. The van der Waals surface area contributed by atoms with E-state index in [0.29, 0.717) is 18.5 Å². The smallest absolute Gasteiger partial charge is 0.237 e. The zero-order valence-corrected chi connectivity index (χ0v) is 14.3. The summed E-state index contributed by atoms with van der Waals surface area (Å²) < 4.78 is 14.3. The summed E-state index contributed by atoms with van der Waals surface area (Å²) in [6.45, 7) is 6.09. The molecule has 0 fully saturated rings. The lowest BCUT2D eigenvalue weighted by molar-refractivity contribution is -0.124. The monoisotopic (exact) mass is 366 g/mol. The van der Waals surface area contributed by atoms with Crippen LogP contribution in [0.3, 0.4) is 0 Å². The Morgan fingerprint density at radius 1 is 1.45 bits per heavy atom. The Bertz CT molecular complexity index is 463. The summed E-state index contributed by atoms with van der Waals surface area (Å²) in [5.41, 5.74) is 6.12. The van der Waals surface area contributed by atoms with Crippen LogP contribution in [-0.4, -0.2) is 18.5 Å². The quantitative estimate of drug-likeness (QED) is 0.859. The molecule has 1 aromatic rings. The van der Waals surface area contributed by atoms with E-state index in [1.807, 2.05) is 20.8 Å². The highest BCUT2D eigenvalue weighted by molar-refractivity contribution is 9.10. The van der Waals surface area contributed by atoms with E-state index >= 15 is 0 Å². The highest BCUT2D eigenvalue weighted by atomic mass is 79.9. The minimum Gasteiger partial charge on any atom is -0.354 e. The normalized spacial score (nSPS) is 12.5. The van der Waals surface area contributed by atoms with Crippen molar-refractivity contribution < 1.29 is 9.18 Å². The third kappa shape index (κ3) is 5.77. The van der Waals surface area contributed by atoms with Gasteiger partial charge in [0.15, 0.2) is 0 Å². The summed E-state index contributed by atoms with van der Waals surface area (Å²) in [6.07, 6.45) is 0.438. The van der Waals surface area contributed by atoms with Crippen molar-refractivity contribution in [3.8, 4) is 0 Å². The van der Waals surface area contributed by atoms with Crippen LogP contribution in [0.4, 0.5) is 4.39 Å². The molecule has 0 aliphatic rings. The Labute approximate surface area is 134 Å². The highest BCUT2D eigenvalue weighted by Crippen LogP contribution is 2.18. The van der Waals surface area contributed by atoms with Crippen molar-refractivity contribution in [1.29, 1.82) is 0 Å². The molecule has 20 heavy (non-hydrogen) atoms. The molecule has 1 rings (SSSR count). The molecule has 1 amide bonds. The van der Waals surface area contributed by atoms with Crippen molar-refractivity contribution in [3.63, 3.8) is 0 Å². The SMILES string of the molecule is CC(C)(C)[C@H](N)C(=O)NCCc1cc(Br)ccc1F.Cl. The van der Waals surface area contributed by atoms with Gasteiger partial charge in [0.2, 0.25) is 5.91 Å². The molecule has 0 bridgehead atoms. The number of hydrogen-bond acceptors (Lipinski definition) is 2. The van der Waals surface area contributed by atoms with E-state index < -0.39 is 6.04 Å². The molecule has 0 aliphatic carbocycles. The zero-order valence-electron chi connectivity index (χ0n) is 11.9. The van der Waals surface area contributed by atoms with Gasteiger partial charge >= 0.3 is 0 Å². The molecule has 1 aromatic carbocycles. The third-order valence-corrected chi connectivity index (χ3v) is 3.41. The summed E-state index contributed by atoms with van der Waals surface area (Å²) in [5, 5.41) is 2.74. The molecular weight excluding hydrogens is 347 g/mol. The van der Waals surface area contributed by atoms with Gasteiger partial charge in [-0.1, -0.05) is 36.7 Å². The summed E-state index contributed by atoms with van der Waals surface area (Å²) in [7, 11) is 0. The van der Waals surface area contributed by atoms with Crippen molar-refractivity contribution in [3.05, 3.63) is 34.1 Å². The fraction of sp³-hybridized carbons (Fsp3) is 0.500. The van der Waals surface area contributed by atoms with E-state index in [1.165, 1.54) is 6.07 Å². The number of hydrogen-bond donors (Lipinski definition) is 2. The van der Waals surface area contributed by atoms with Crippen LogP contribution in [0.5, 0.6) is 0 Å². The number of carbonyl (C=O) groups excluding carboxylic acids is 1. The lowest BCUT2D eigenvalue weighted by Crippen LogP contribution is -2.49. The van der Waals surface area contributed by atoms with E-state index in [9.17, 15) is 9.18 Å². The van der Waals surface area contributed by atoms with Gasteiger partial charge in [0.05, 0.1) is 6.04 Å². The van der Waals surface area contributed by atoms with Gasteiger partial charge in [-0.2, -0.15) is 0 Å². The third-order valence-electron chi connectivity index (χ3n) is 2.92. The summed E-state index contributed by atoms with van der Waals surface area (Å²) in [5.74, 6) is -0.472. The predicted molar refractivity (Wildman–Crippen MR) is 85.5 cm³/mol. The second-order valence-electron chi connectivity index (χ2n) is 5.62. The van der Waals surface area contributed by atoms with Gasteiger partial charge in [0.25, 0.3) is 0 Å². The van der Waals surface area contributed by atoms with Gasteiger partial charge in [0.1, 0.15) is 5.82 Å². The number of nitrogens with one attached hydrogen (secondary N) is 1. The molecule has 0 unspecified atom stereocenters. The molecule has 0 saturated carbocycles. The van der Waals surface area contributed by atoms with Gasteiger partial charge in [-0.15, -0.1) is 12.4 Å². The first-order valence-electron chi connectivity index (χ1n) is 6.19. The molecule has 0 radical (unpaired) electrons. The van der Waals surface area contributed by atoms with Crippen LogP contribution in [0.15, 0.2) is 22.7 Å². The Kier molecular flexibility index (Phi) is 7.70. The molecule has 1 atom stereocenters. The zero-order chi connectivity index (χ0) is 14.6. The Morgan fingerprint density at radius 3 is 2.60 bits per heavy atom. The average Bonchev–Trinajstić information content (AvgIpc) is 2.31. The van der Waals surface area contributed by atoms with E-state index in [4.69, 9.17) is 5.73 Å². The predicted octanol–water partition coefficient (Wildman–Crippen LogP) is 3.04. The fourth-order valence-electron chi connectivity index (χ4n) is 1.56. The van der Waals surface area contributed by atoms with E-state index in [0.717, 1.165) is 4.47 Å². The van der Waals surface area contributed by atoms with Gasteiger partial charge in [-0.25, -0.2) is 4.39 Å².